The molecule has 23 heavy (non-hydrogen) atoms. The van der Waals surface area contributed by atoms with Crippen molar-refractivity contribution < 1.29 is 14.0 Å². The van der Waals surface area contributed by atoms with Gasteiger partial charge in [-0.2, -0.15) is 5.10 Å². The first-order valence-corrected chi connectivity index (χ1v) is 6.98. The molecule has 0 unspecified atom stereocenters. The quantitative estimate of drug-likeness (QED) is 0.663. The summed E-state index contributed by atoms with van der Waals surface area (Å²) < 4.78 is 14.9. The highest BCUT2D eigenvalue weighted by atomic mass is 19.1. The van der Waals surface area contributed by atoms with Crippen LogP contribution in [0.1, 0.15) is 17.0 Å². The number of nitrogens with zero attached hydrogens (tertiary/aromatic N) is 2. The Hall–Kier alpha value is -2.96. The minimum absolute atomic E-state index is 0.00300. The Labute approximate surface area is 133 Å². The molecule has 120 valence electrons. The molecule has 0 bridgehead atoms. The number of hydrogen-bond donors (Lipinski definition) is 2. The molecule has 7 heteroatoms. The average Bonchev–Trinajstić information content (AvgIpc) is 2.82. The van der Waals surface area contributed by atoms with Gasteiger partial charge in [0.25, 0.3) is 11.8 Å². The molecule has 0 aliphatic heterocycles. The molecule has 0 aliphatic rings. The van der Waals surface area contributed by atoms with E-state index in [0.717, 1.165) is 17.5 Å². The van der Waals surface area contributed by atoms with E-state index in [1.165, 1.54) is 16.8 Å². The lowest BCUT2D eigenvalue weighted by Gasteiger charge is -2.06. The molecule has 1 aromatic heterocycles. The fourth-order valence-corrected chi connectivity index (χ4v) is 1.96. The zero-order chi connectivity index (χ0) is 16.8. The molecule has 0 atom stereocenters. The van der Waals surface area contributed by atoms with Gasteiger partial charge >= 0.3 is 0 Å². The van der Waals surface area contributed by atoms with Crippen molar-refractivity contribution in [3.63, 3.8) is 0 Å². The minimum Gasteiger partial charge on any atom is -0.271 e. The van der Waals surface area contributed by atoms with Gasteiger partial charge in [0.05, 0.1) is 5.69 Å². The van der Waals surface area contributed by atoms with Crippen LogP contribution in [-0.4, -0.2) is 21.6 Å². The fourth-order valence-electron chi connectivity index (χ4n) is 1.96. The van der Waals surface area contributed by atoms with Crippen molar-refractivity contribution >= 4 is 17.9 Å². The number of rotatable bonds is 4. The van der Waals surface area contributed by atoms with Crippen molar-refractivity contribution in [3.05, 3.63) is 59.2 Å². The lowest BCUT2D eigenvalue weighted by atomic mass is 10.2. The monoisotopic (exact) mass is 316 g/mol. The first-order valence-electron chi connectivity index (χ1n) is 6.98. The largest absolute Gasteiger partial charge is 0.271 e. The van der Waals surface area contributed by atoms with Crippen molar-refractivity contribution in [2.45, 2.75) is 20.4 Å². The van der Waals surface area contributed by atoms with E-state index in [2.05, 4.69) is 16.0 Å². The second-order valence-corrected chi connectivity index (χ2v) is 4.98. The van der Waals surface area contributed by atoms with Crippen LogP contribution in [0.5, 0.6) is 0 Å². The van der Waals surface area contributed by atoms with Gasteiger partial charge in [-0.05, 0) is 32.1 Å². The molecule has 0 radical (unpaired) electrons. The van der Waals surface area contributed by atoms with Gasteiger partial charge in [-0.15, -0.1) is 0 Å². The summed E-state index contributed by atoms with van der Waals surface area (Å²) in [5.74, 6) is -1.40. The fraction of sp³-hybridized carbons (Fsp3) is 0.188. The van der Waals surface area contributed by atoms with Crippen LogP contribution in [0.25, 0.3) is 6.08 Å². The second-order valence-electron chi connectivity index (χ2n) is 4.98. The van der Waals surface area contributed by atoms with E-state index < -0.39 is 17.6 Å². The van der Waals surface area contributed by atoms with Crippen molar-refractivity contribution in [3.8, 4) is 0 Å². The molecule has 2 amide bonds. The number of hydrogen-bond acceptors (Lipinski definition) is 3. The molecule has 1 aromatic carbocycles. The standard InChI is InChI=1S/C16H17FN4O2/c1-11-9-12(2)21(20-11)10-16(23)19-18-15(22)8-7-13-5-3-4-6-14(13)17/h3-9H,10H2,1-2H3,(H,18,22)(H,19,23)/b8-7+. The third-order valence-electron chi connectivity index (χ3n) is 3.04. The number of aryl methyl sites for hydroxylation is 2. The van der Waals surface area contributed by atoms with Crippen molar-refractivity contribution in [1.82, 2.24) is 20.6 Å². The summed E-state index contributed by atoms with van der Waals surface area (Å²) in [6.07, 6.45) is 2.47. The van der Waals surface area contributed by atoms with Crippen LogP contribution >= 0.6 is 0 Å². The molecule has 0 spiro atoms. The van der Waals surface area contributed by atoms with E-state index in [9.17, 15) is 14.0 Å². The lowest BCUT2D eigenvalue weighted by molar-refractivity contribution is -0.127. The Bertz CT molecular complexity index is 752. The molecule has 6 nitrogen and oxygen atoms in total. The molecular formula is C16H17FN4O2. The minimum atomic E-state index is -0.560. The van der Waals surface area contributed by atoms with Crippen LogP contribution in [0.2, 0.25) is 0 Å². The van der Waals surface area contributed by atoms with E-state index in [1.807, 2.05) is 19.9 Å². The maximum absolute atomic E-state index is 13.4. The molecule has 0 aliphatic carbocycles. The van der Waals surface area contributed by atoms with E-state index in [-0.39, 0.29) is 12.1 Å². The predicted molar refractivity (Wildman–Crippen MR) is 83.4 cm³/mol. The third kappa shape index (κ3) is 4.77. The van der Waals surface area contributed by atoms with Crippen molar-refractivity contribution in [2.75, 3.05) is 0 Å². The number of hydrazine groups is 1. The first kappa shape index (κ1) is 16.4. The molecule has 2 aromatic rings. The normalized spacial score (nSPS) is 10.7. The highest BCUT2D eigenvalue weighted by molar-refractivity contribution is 5.93. The predicted octanol–water partition coefficient (Wildman–Crippen LogP) is 1.50. The summed E-state index contributed by atoms with van der Waals surface area (Å²) in [5.41, 5.74) is 6.45. The summed E-state index contributed by atoms with van der Waals surface area (Å²) in [7, 11) is 0. The van der Waals surface area contributed by atoms with Gasteiger partial charge in [-0.1, -0.05) is 18.2 Å². The van der Waals surface area contributed by atoms with Gasteiger partial charge in [-0.3, -0.25) is 25.1 Å². The zero-order valence-electron chi connectivity index (χ0n) is 12.8. The summed E-state index contributed by atoms with van der Waals surface area (Å²) in [5, 5.41) is 4.15. The molecule has 0 fully saturated rings. The Morgan fingerprint density at radius 2 is 2.00 bits per heavy atom. The van der Waals surface area contributed by atoms with Crippen LogP contribution in [0.15, 0.2) is 36.4 Å². The van der Waals surface area contributed by atoms with Crippen LogP contribution in [-0.2, 0) is 16.1 Å². The molecule has 0 saturated carbocycles. The highest BCUT2D eigenvalue weighted by Gasteiger charge is 2.07. The summed E-state index contributed by atoms with van der Waals surface area (Å²) in [6, 6.07) is 7.92. The van der Waals surface area contributed by atoms with Gasteiger partial charge in [0.2, 0.25) is 0 Å². The maximum atomic E-state index is 13.4. The number of amides is 2. The average molecular weight is 316 g/mol. The molecule has 2 rings (SSSR count). The highest BCUT2D eigenvalue weighted by Crippen LogP contribution is 2.07. The molecular weight excluding hydrogens is 299 g/mol. The Morgan fingerprint density at radius 3 is 2.65 bits per heavy atom. The number of halogens is 1. The Balaban J connectivity index is 1.83. The summed E-state index contributed by atoms with van der Waals surface area (Å²) >= 11 is 0. The molecule has 2 N–H and O–H groups in total. The first-order chi connectivity index (χ1) is 11.0. The van der Waals surface area contributed by atoms with Crippen LogP contribution in [0.3, 0.4) is 0 Å². The summed E-state index contributed by atoms with van der Waals surface area (Å²) in [4.78, 5) is 23.3. The molecule has 0 saturated heterocycles. The van der Waals surface area contributed by atoms with Gasteiger partial charge in [0, 0.05) is 17.3 Å². The topological polar surface area (TPSA) is 76.0 Å². The van der Waals surface area contributed by atoms with Crippen LogP contribution in [0.4, 0.5) is 4.39 Å². The van der Waals surface area contributed by atoms with Gasteiger partial charge < -0.3 is 0 Å². The van der Waals surface area contributed by atoms with Crippen molar-refractivity contribution in [1.29, 1.82) is 0 Å². The van der Waals surface area contributed by atoms with E-state index >= 15 is 0 Å². The van der Waals surface area contributed by atoms with E-state index in [1.54, 1.807) is 18.2 Å². The zero-order valence-corrected chi connectivity index (χ0v) is 12.8. The van der Waals surface area contributed by atoms with Gasteiger partial charge in [0.1, 0.15) is 12.4 Å². The SMILES string of the molecule is Cc1cc(C)n(CC(=O)NNC(=O)/C=C/c2ccccc2F)n1. The van der Waals surface area contributed by atoms with Gasteiger partial charge in [-0.25, -0.2) is 4.39 Å². The smallest absolute Gasteiger partial charge is 0.262 e. The summed E-state index contributed by atoms with van der Waals surface area (Å²) in [6.45, 7) is 3.66. The third-order valence-corrected chi connectivity index (χ3v) is 3.04. The van der Waals surface area contributed by atoms with Gasteiger partial charge in [0.15, 0.2) is 0 Å². The maximum Gasteiger partial charge on any atom is 0.262 e. The Morgan fingerprint density at radius 1 is 1.26 bits per heavy atom. The van der Waals surface area contributed by atoms with E-state index in [4.69, 9.17) is 0 Å². The lowest BCUT2D eigenvalue weighted by Crippen LogP contribution is -2.42. The number of carbonyl (C=O) groups is 2. The number of carbonyl (C=O) groups excluding carboxylic acids is 2. The number of aromatic nitrogens is 2. The number of nitrogens with one attached hydrogen (secondary N) is 2. The van der Waals surface area contributed by atoms with Crippen molar-refractivity contribution in [2.24, 2.45) is 0 Å². The van der Waals surface area contributed by atoms with Crippen LogP contribution < -0.4 is 10.9 Å². The Kier molecular flexibility index (Phi) is 5.24. The molecule has 1 heterocycles. The number of benzene rings is 1. The van der Waals surface area contributed by atoms with E-state index in [0.29, 0.717) is 0 Å². The van der Waals surface area contributed by atoms with Crippen LogP contribution in [0, 0.1) is 19.7 Å². The second kappa shape index (κ2) is 7.35.